The van der Waals surface area contributed by atoms with Crippen molar-refractivity contribution in [1.82, 2.24) is 10.6 Å². The van der Waals surface area contributed by atoms with Crippen LogP contribution in [-0.4, -0.2) is 43.9 Å². The van der Waals surface area contributed by atoms with E-state index in [1.165, 1.54) is 0 Å². The van der Waals surface area contributed by atoms with Crippen LogP contribution in [0, 0.1) is 5.92 Å². The van der Waals surface area contributed by atoms with E-state index in [0.29, 0.717) is 26.3 Å². The van der Waals surface area contributed by atoms with E-state index in [9.17, 15) is 9.59 Å². The van der Waals surface area contributed by atoms with Gasteiger partial charge in [-0.05, 0) is 20.8 Å². The van der Waals surface area contributed by atoms with Gasteiger partial charge < -0.3 is 20.1 Å². The topological polar surface area (TPSA) is 76.7 Å². The first-order chi connectivity index (χ1) is 8.72. The molecule has 19 heavy (non-hydrogen) atoms. The van der Waals surface area contributed by atoms with Crippen LogP contribution in [0.2, 0.25) is 0 Å². The fourth-order valence-corrected chi connectivity index (χ4v) is 1.09. The smallest absolute Gasteiger partial charge is 0.407 e. The van der Waals surface area contributed by atoms with Gasteiger partial charge in [0, 0.05) is 19.0 Å². The molecule has 6 heteroatoms. The third-order valence-corrected chi connectivity index (χ3v) is 1.98. The lowest BCUT2D eigenvalue weighted by Crippen LogP contribution is -2.35. The highest BCUT2D eigenvalue weighted by Gasteiger charge is 2.15. The second kappa shape index (κ2) is 8.74. The van der Waals surface area contributed by atoms with Crippen LogP contribution in [0.4, 0.5) is 4.79 Å². The summed E-state index contributed by atoms with van der Waals surface area (Å²) in [6.45, 7) is 10.8. The fraction of sp³-hybridized carbons (Fsp3) is 0.846. The zero-order chi connectivity index (χ0) is 14.9. The maximum absolute atomic E-state index is 11.3. The molecule has 2 N–H and O–H groups in total. The Morgan fingerprint density at radius 1 is 1.05 bits per heavy atom. The Morgan fingerprint density at radius 2 is 1.58 bits per heavy atom. The van der Waals surface area contributed by atoms with Gasteiger partial charge in [0.05, 0.1) is 13.2 Å². The van der Waals surface area contributed by atoms with Crippen LogP contribution in [0.15, 0.2) is 0 Å². The summed E-state index contributed by atoms with van der Waals surface area (Å²) in [5, 5.41) is 5.32. The second-order valence-electron chi connectivity index (χ2n) is 5.49. The minimum atomic E-state index is -0.494. The Bertz CT molecular complexity index is 285. The number of carbonyl (C=O) groups is 2. The SMILES string of the molecule is CC(C)C(=O)NCCOCCNC(=O)OC(C)(C)C. The maximum Gasteiger partial charge on any atom is 0.407 e. The van der Waals surface area contributed by atoms with Crippen molar-refractivity contribution in [2.45, 2.75) is 40.2 Å². The molecule has 0 aliphatic rings. The number of hydrogen-bond donors (Lipinski definition) is 2. The zero-order valence-corrected chi connectivity index (χ0v) is 12.5. The van der Waals surface area contributed by atoms with E-state index in [1.807, 2.05) is 13.8 Å². The van der Waals surface area contributed by atoms with E-state index in [2.05, 4.69) is 10.6 Å². The average molecular weight is 274 g/mol. The van der Waals surface area contributed by atoms with Gasteiger partial charge in [0.2, 0.25) is 5.91 Å². The molecule has 0 bridgehead atoms. The summed E-state index contributed by atoms with van der Waals surface area (Å²) in [6.07, 6.45) is -0.454. The summed E-state index contributed by atoms with van der Waals surface area (Å²) >= 11 is 0. The van der Waals surface area contributed by atoms with Crippen LogP contribution in [0.1, 0.15) is 34.6 Å². The lowest BCUT2D eigenvalue weighted by Gasteiger charge is -2.19. The van der Waals surface area contributed by atoms with Crippen molar-refractivity contribution < 1.29 is 19.1 Å². The quantitative estimate of drug-likeness (QED) is 0.686. The summed E-state index contributed by atoms with van der Waals surface area (Å²) in [4.78, 5) is 22.5. The summed E-state index contributed by atoms with van der Waals surface area (Å²) in [7, 11) is 0. The first-order valence-electron chi connectivity index (χ1n) is 6.54. The molecule has 0 spiro atoms. The predicted octanol–water partition coefficient (Wildman–Crippen LogP) is 1.30. The fourth-order valence-electron chi connectivity index (χ4n) is 1.09. The maximum atomic E-state index is 11.3. The molecule has 0 atom stereocenters. The Hall–Kier alpha value is -1.30. The predicted molar refractivity (Wildman–Crippen MR) is 72.9 cm³/mol. The Labute approximate surface area is 115 Å². The second-order valence-corrected chi connectivity index (χ2v) is 5.49. The summed E-state index contributed by atoms with van der Waals surface area (Å²) in [6, 6.07) is 0. The van der Waals surface area contributed by atoms with Crippen LogP contribution in [0.5, 0.6) is 0 Å². The number of hydrogen-bond acceptors (Lipinski definition) is 4. The molecule has 0 radical (unpaired) electrons. The van der Waals surface area contributed by atoms with Gasteiger partial charge in [0.1, 0.15) is 5.60 Å². The summed E-state index contributed by atoms with van der Waals surface area (Å²) in [5.41, 5.74) is -0.494. The third-order valence-electron chi connectivity index (χ3n) is 1.98. The van der Waals surface area contributed by atoms with E-state index >= 15 is 0 Å². The van der Waals surface area contributed by atoms with Crippen LogP contribution in [-0.2, 0) is 14.3 Å². The molecule has 0 heterocycles. The van der Waals surface area contributed by atoms with Crippen molar-refractivity contribution in [3.63, 3.8) is 0 Å². The van der Waals surface area contributed by atoms with E-state index in [4.69, 9.17) is 9.47 Å². The van der Waals surface area contributed by atoms with Gasteiger partial charge in [-0.25, -0.2) is 4.79 Å². The molecule has 0 aliphatic carbocycles. The summed E-state index contributed by atoms with van der Waals surface area (Å²) in [5.74, 6) is -0.00989. The molecule has 0 aromatic heterocycles. The Morgan fingerprint density at radius 3 is 2.05 bits per heavy atom. The van der Waals surface area contributed by atoms with Crippen LogP contribution in [0.25, 0.3) is 0 Å². The van der Waals surface area contributed by atoms with Crippen molar-refractivity contribution in [2.24, 2.45) is 5.92 Å². The van der Waals surface area contributed by atoms with Crippen molar-refractivity contribution in [3.8, 4) is 0 Å². The number of rotatable bonds is 7. The van der Waals surface area contributed by atoms with Crippen molar-refractivity contribution >= 4 is 12.0 Å². The number of carbonyl (C=O) groups excluding carboxylic acids is 2. The lowest BCUT2D eigenvalue weighted by atomic mass is 10.2. The van der Waals surface area contributed by atoms with Gasteiger partial charge in [-0.3, -0.25) is 4.79 Å². The minimum absolute atomic E-state index is 0.00970. The molecule has 0 aliphatic heterocycles. The molecule has 0 rings (SSSR count). The lowest BCUT2D eigenvalue weighted by molar-refractivity contribution is -0.124. The third kappa shape index (κ3) is 11.5. The van der Waals surface area contributed by atoms with Crippen molar-refractivity contribution in [3.05, 3.63) is 0 Å². The molecule has 0 aromatic carbocycles. The van der Waals surface area contributed by atoms with Crippen molar-refractivity contribution in [2.75, 3.05) is 26.3 Å². The standard InChI is InChI=1S/C13H26N2O4/c1-10(2)11(16)14-6-8-18-9-7-15-12(17)19-13(3,4)5/h10H,6-9H2,1-5H3,(H,14,16)(H,15,17). The van der Waals surface area contributed by atoms with Gasteiger partial charge in [-0.1, -0.05) is 13.8 Å². The normalized spacial score (nSPS) is 11.3. The van der Waals surface area contributed by atoms with Gasteiger partial charge in [-0.2, -0.15) is 0 Å². The average Bonchev–Trinajstić information content (AvgIpc) is 2.24. The number of ether oxygens (including phenoxy) is 2. The van der Waals surface area contributed by atoms with E-state index < -0.39 is 11.7 Å². The molecule has 0 aromatic rings. The summed E-state index contributed by atoms with van der Waals surface area (Å²) < 4.78 is 10.3. The molecule has 0 unspecified atom stereocenters. The van der Waals surface area contributed by atoms with Gasteiger partial charge in [-0.15, -0.1) is 0 Å². The van der Waals surface area contributed by atoms with Crippen LogP contribution >= 0.6 is 0 Å². The molecule has 2 amide bonds. The van der Waals surface area contributed by atoms with Crippen molar-refractivity contribution in [1.29, 1.82) is 0 Å². The van der Waals surface area contributed by atoms with E-state index in [0.717, 1.165) is 0 Å². The zero-order valence-electron chi connectivity index (χ0n) is 12.5. The first-order valence-corrected chi connectivity index (χ1v) is 6.54. The molecule has 6 nitrogen and oxygen atoms in total. The highest BCUT2D eigenvalue weighted by atomic mass is 16.6. The van der Waals surface area contributed by atoms with Gasteiger partial charge in [0.15, 0.2) is 0 Å². The van der Waals surface area contributed by atoms with E-state index in [1.54, 1.807) is 20.8 Å². The number of alkyl carbamates (subject to hydrolysis) is 1. The first kappa shape index (κ1) is 17.7. The highest BCUT2D eigenvalue weighted by molar-refractivity contribution is 5.77. The van der Waals surface area contributed by atoms with Crippen LogP contribution in [0.3, 0.4) is 0 Å². The Kier molecular flexibility index (Phi) is 8.14. The monoisotopic (exact) mass is 274 g/mol. The Balaban J connectivity index is 3.41. The largest absolute Gasteiger partial charge is 0.444 e. The number of nitrogens with one attached hydrogen (secondary N) is 2. The molecule has 0 saturated carbocycles. The minimum Gasteiger partial charge on any atom is -0.444 e. The molecular formula is C13H26N2O4. The van der Waals surface area contributed by atoms with E-state index in [-0.39, 0.29) is 11.8 Å². The molecule has 0 saturated heterocycles. The molecule has 0 fully saturated rings. The van der Waals surface area contributed by atoms with Gasteiger partial charge in [0.25, 0.3) is 0 Å². The van der Waals surface area contributed by atoms with Crippen LogP contribution < -0.4 is 10.6 Å². The number of amides is 2. The molecular weight excluding hydrogens is 248 g/mol. The molecule has 112 valence electrons. The highest BCUT2D eigenvalue weighted by Crippen LogP contribution is 2.05. The van der Waals surface area contributed by atoms with Gasteiger partial charge >= 0.3 is 6.09 Å².